The van der Waals surface area contributed by atoms with E-state index >= 15 is 0 Å². The average molecular weight is 261 g/mol. The molecule has 0 spiro atoms. The molecule has 0 radical (unpaired) electrons. The van der Waals surface area contributed by atoms with E-state index in [1.54, 1.807) is 18.5 Å². The molecule has 0 aliphatic rings. The number of rotatable bonds is 1. The molecule has 2 rings (SSSR count). The second-order valence-corrected chi connectivity index (χ2v) is 3.78. The fraction of sp³-hybridized carbons (Fsp3) is 0. The van der Waals surface area contributed by atoms with Crippen LogP contribution >= 0.6 is 34.8 Å². The third-order valence-electron chi connectivity index (χ3n) is 1.69. The predicted octanol–water partition coefficient (Wildman–Crippen LogP) is 3.50. The van der Waals surface area contributed by atoms with Gasteiger partial charge in [-0.05, 0) is 12.1 Å². The van der Waals surface area contributed by atoms with Gasteiger partial charge >= 0.3 is 0 Å². The average Bonchev–Trinajstić information content (AvgIpc) is 2.26. The van der Waals surface area contributed by atoms with Gasteiger partial charge in [-0.25, -0.2) is 9.97 Å². The van der Waals surface area contributed by atoms with Crippen LogP contribution in [0.15, 0.2) is 24.5 Å². The first-order valence-electron chi connectivity index (χ1n) is 3.97. The molecule has 15 heavy (non-hydrogen) atoms. The van der Waals surface area contributed by atoms with Crippen molar-refractivity contribution < 1.29 is 0 Å². The van der Waals surface area contributed by atoms with Crippen LogP contribution < -0.4 is 0 Å². The van der Waals surface area contributed by atoms with Gasteiger partial charge in [-0.15, -0.1) is 0 Å². The van der Waals surface area contributed by atoms with Gasteiger partial charge in [-0.1, -0.05) is 34.8 Å². The summed E-state index contributed by atoms with van der Waals surface area (Å²) >= 11 is 17.3. The SMILES string of the molecule is Clc1nc(-c2cccnc2)nc(Cl)c1Cl. The second-order valence-electron chi connectivity index (χ2n) is 2.68. The summed E-state index contributed by atoms with van der Waals surface area (Å²) in [6, 6.07) is 3.58. The van der Waals surface area contributed by atoms with Crippen LogP contribution in [0.2, 0.25) is 15.3 Å². The maximum absolute atomic E-state index is 5.78. The smallest absolute Gasteiger partial charge is 0.164 e. The maximum Gasteiger partial charge on any atom is 0.164 e. The van der Waals surface area contributed by atoms with E-state index in [1.165, 1.54) is 0 Å². The van der Waals surface area contributed by atoms with Crippen LogP contribution in [0, 0.1) is 0 Å². The number of nitrogens with zero attached hydrogens (tertiary/aromatic N) is 3. The van der Waals surface area contributed by atoms with Crippen molar-refractivity contribution in [2.75, 3.05) is 0 Å². The molecular formula is C9H4Cl3N3. The molecule has 2 aromatic heterocycles. The van der Waals surface area contributed by atoms with Crippen molar-refractivity contribution in [3.05, 3.63) is 39.9 Å². The minimum atomic E-state index is 0.135. The highest BCUT2D eigenvalue weighted by atomic mass is 35.5. The summed E-state index contributed by atoms with van der Waals surface area (Å²) in [5.41, 5.74) is 0.734. The van der Waals surface area contributed by atoms with Crippen molar-refractivity contribution in [3.8, 4) is 11.4 Å². The predicted molar refractivity (Wildman–Crippen MR) is 60.3 cm³/mol. The molecule has 0 fully saturated rings. The van der Waals surface area contributed by atoms with E-state index in [2.05, 4.69) is 15.0 Å². The number of halogens is 3. The first-order valence-corrected chi connectivity index (χ1v) is 5.11. The Bertz CT molecular complexity index is 464. The van der Waals surface area contributed by atoms with Crippen molar-refractivity contribution in [1.82, 2.24) is 15.0 Å². The van der Waals surface area contributed by atoms with E-state index in [1.807, 2.05) is 6.07 Å². The summed E-state index contributed by atoms with van der Waals surface area (Å²) in [4.78, 5) is 11.9. The Morgan fingerprint density at radius 3 is 2.20 bits per heavy atom. The van der Waals surface area contributed by atoms with E-state index in [4.69, 9.17) is 34.8 Å². The third kappa shape index (κ3) is 2.20. The second kappa shape index (κ2) is 4.31. The molecule has 0 saturated carbocycles. The quantitative estimate of drug-likeness (QED) is 0.737. The van der Waals surface area contributed by atoms with Crippen molar-refractivity contribution in [2.45, 2.75) is 0 Å². The zero-order chi connectivity index (χ0) is 10.8. The molecule has 0 aliphatic heterocycles. The Hall–Kier alpha value is -0.900. The van der Waals surface area contributed by atoms with Crippen LogP contribution in [0.25, 0.3) is 11.4 Å². The summed E-state index contributed by atoms with van der Waals surface area (Å²) in [5.74, 6) is 0.405. The molecule has 76 valence electrons. The Morgan fingerprint density at radius 2 is 1.67 bits per heavy atom. The summed E-state index contributed by atoms with van der Waals surface area (Å²) in [6.45, 7) is 0. The standard InChI is InChI=1S/C9H4Cl3N3/c10-6-7(11)14-9(15-8(6)12)5-2-1-3-13-4-5/h1-4H. The van der Waals surface area contributed by atoms with Gasteiger partial charge < -0.3 is 0 Å². The van der Waals surface area contributed by atoms with Gasteiger partial charge in [-0.2, -0.15) is 0 Å². The number of hydrogen-bond donors (Lipinski definition) is 0. The first-order chi connectivity index (χ1) is 7.18. The molecule has 0 N–H and O–H groups in total. The Balaban J connectivity index is 2.56. The monoisotopic (exact) mass is 259 g/mol. The van der Waals surface area contributed by atoms with Crippen LogP contribution in [0.4, 0.5) is 0 Å². The summed E-state index contributed by atoms with van der Waals surface area (Å²) in [6.07, 6.45) is 3.28. The van der Waals surface area contributed by atoms with E-state index in [-0.39, 0.29) is 15.3 Å². The van der Waals surface area contributed by atoms with Crippen molar-refractivity contribution in [1.29, 1.82) is 0 Å². The third-order valence-corrected chi connectivity index (χ3v) is 2.79. The number of pyridine rings is 1. The van der Waals surface area contributed by atoms with Gasteiger partial charge in [0, 0.05) is 18.0 Å². The molecule has 0 aliphatic carbocycles. The topological polar surface area (TPSA) is 38.7 Å². The van der Waals surface area contributed by atoms with E-state index in [9.17, 15) is 0 Å². The highest BCUT2D eigenvalue weighted by Crippen LogP contribution is 2.28. The molecule has 2 aromatic rings. The van der Waals surface area contributed by atoms with Crippen LogP contribution in [-0.4, -0.2) is 15.0 Å². The molecule has 2 heterocycles. The lowest BCUT2D eigenvalue weighted by Crippen LogP contribution is -1.91. The Kier molecular flexibility index (Phi) is 3.05. The van der Waals surface area contributed by atoms with Gasteiger partial charge in [0.2, 0.25) is 0 Å². The summed E-state index contributed by atoms with van der Waals surface area (Å²) in [5, 5.41) is 0.428. The molecule has 0 unspecified atom stereocenters. The maximum atomic E-state index is 5.78. The minimum absolute atomic E-state index is 0.135. The molecule has 0 saturated heterocycles. The molecule has 0 amide bonds. The number of hydrogen-bond acceptors (Lipinski definition) is 3. The first kappa shape index (κ1) is 10.6. The summed E-state index contributed by atoms with van der Waals surface area (Å²) in [7, 11) is 0. The van der Waals surface area contributed by atoms with Crippen LogP contribution in [-0.2, 0) is 0 Å². The van der Waals surface area contributed by atoms with Gasteiger partial charge in [0.1, 0.15) is 5.02 Å². The number of aromatic nitrogens is 3. The molecule has 0 aromatic carbocycles. The molecule has 0 atom stereocenters. The fourth-order valence-corrected chi connectivity index (χ4v) is 1.49. The van der Waals surface area contributed by atoms with Gasteiger partial charge in [0.15, 0.2) is 16.1 Å². The Labute approximate surface area is 101 Å². The highest BCUT2D eigenvalue weighted by molar-refractivity contribution is 6.46. The molecule has 0 bridgehead atoms. The fourth-order valence-electron chi connectivity index (χ4n) is 1.02. The van der Waals surface area contributed by atoms with E-state index < -0.39 is 0 Å². The molecule has 6 heteroatoms. The largest absolute Gasteiger partial charge is 0.264 e. The van der Waals surface area contributed by atoms with Gasteiger partial charge in [0.25, 0.3) is 0 Å². The lowest BCUT2D eigenvalue weighted by atomic mass is 10.3. The van der Waals surface area contributed by atoms with Gasteiger partial charge in [-0.3, -0.25) is 4.98 Å². The highest BCUT2D eigenvalue weighted by Gasteiger charge is 2.10. The minimum Gasteiger partial charge on any atom is -0.264 e. The zero-order valence-corrected chi connectivity index (χ0v) is 9.55. The molecule has 3 nitrogen and oxygen atoms in total. The van der Waals surface area contributed by atoms with E-state index in [0.717, 1.165) is 5.56 Å². The van der Waals surface area contributed by atoms with Crippen molar-refractivity contribution in [3.63, 3.8) is 0 Å². The normalized spacial score (nSPS) is 10.3. The van der Waals surface area contributed by atoms with Crippen LogP contribution in [0.1, 0.15) is 0 Å². The molecular weight excluding hydrogens is 256 g/mol. The lowest BCUT2D eigenvalue weighted by molar-refractivity contribution is 1.16. The van der Waals surface area contributed by atoms with E-state index in [0.29, 0.717) is 5.82 Å². The van der Waals surface area contributed by atoms with Gasteiger partial charge in [0.05, 0.1) is 0 Å². The van der Waals surface area contributed by atoms with Crippen molar-refractivity contribution >= 4 is 34.8 Å². The Morgan fingerprint density at radius 1 is 1.00 bits per heavy atom. The van der Waals surface area contributed by atoms with Crippen molar-refractivity contribution in [2.24, 2.45) is 0 Å². The summed E-state index contributed by atoms with van der Waals surface area (Å²) < 4.78 is 0. The van der Waals surface area contributed by atoms with Crippen LogP contribution in [0.5, 0.6) is 0 Å². The zero-order valence-electron chi connectivity index (χ0n) is 7.28. The van der Waals surface area contributed by atoms with Crippen LogP contribution in [0.3, 0.4) is 0 Å². The lowest BCUT2D eigenvalue weighted by Gasteiger charge is -2.02.